The fourth-order valence-corrected chi connectivity index (χ4v) is 2.75. The van der Waals surface area contributed by atoms with Crippen molar-refractivity contribution in [3.05, 3.63) is 70.5 Å². The molecule has 0 radical (unpaired) electrons. The summed E-state index contributed by atoms with van der Waals surface area (Å²) in [6, 6.07) is 8.12. The summed E-state index contributed by atoms with van der Waals surface area (Å²) in [7, 11) is 0. The first-order valence-electron chi connectivity index (χ1n) is 7.12. The number of aromatic carboxylic acids is 1. The molecule has 0 unspecified atom stereocenters. The van der Waals surface area contributed by atoms with Crippen molar-refractivity contribution in [2.45, 2.75) is 13.5 Å². The number of imidazole rings is 1. The van der Waals surface area contributed by atoms with Gasteiger partial charge in [-0.2, -0.15) is 0 Å². The van der Waals surface area contributed by atoms with Crippen molar-refractivity contribution in [2.24, 2.45) is 0 Å². The third kappa shape index (κ3) is 2.88. The summed E-state index contributed by atoms with van der Waals surface area (Å²) in [6.45, 7) is 1.60. The molecule has 0 saturated carbocycles. The van der Waals surface area contributed by atoms with Gasteiger partial charge in [0.2, 0.25) is 0 Å². The second-order valence-electron chi connectivity index (χ2n) is 5.22. The zero-order chi connectivity index (χ0) is 17.3. The Kier molecular flexibility index (Phi) is 4.31. The fourth-order valence-electron chi connectivity index (χ4n) is 2.55. The lowest BCUT2D eigenvalue weighted by atomic mass is 10.2. The van der Waals surface area contributed by atoms with Crippen LogP contribution in [0, 0.1) is 12.7 Å². The number of carbonyl (C=O) groups is 1. The van der Waals surface area contributed by atoms with Crippen LogP contribution in [0.1, 0.15) is 21.7 Å². The maximum Gasteiger partial charge on any atom is 0.354 e. The highest BCUT2D eigenvalue weighted by molar-refractivity contribution is 6.30. The minimum atomic E-state index is -1.13. The van der Waals surface area contributed by atoms with Crippen molar-refractivity contribution in [3.8, 4) is 11.4 Å². The molecule has 1 N–H and O–H groups in total. The summed E-state index contributed by atoms with van der Waals surface area (Å²) < 4.78 is 15.7. The highest BCUT2D eigenvalue weighted by atomic mass is 35.5. The monoisotopic (exact) mass is 345 g/mol. The van der Waals surface area contributed by atoms with Crippen LogP contribution < -0.4 is 0 Å². The SMILES string of the molecule is Cc1nc(-c2cccnc2)n(Cc2cccc(Cl)c2F)c1C(=O)O. The quantitative estimate of drug-likeness (QED) is 0.781. The van der Waals surface area contributed by atoms with Crippen molar-refractivity contribution in [1.82, 2.24) is 14.5 Å². The molecule has 24 heavy (non-hydrogen) atoms. The van der Waals surface area contributed by atoms with E-state index in [0.717, 1.165) is 0 Å². The van der Waals surface area contributed by atoms with Crippen LogP contribution in [-0.4, -0.2) is 25.6 Å². The molecule has 3 rings (SSSR count). The smallest absolute Gasteiger partial charge is 0.354 e. The number of hydrogen-bond acceptors (Lipinski definition) is 3. The second-order valence-corrected chi connectivity index (χ2v) is 5.62. The Morgan fingerprint density at radius 1 is 1.33 bits per heavy atom. The zero-order valence-corrected chi connectivity index (χ0v) is 13.5. The van der Waals surface area contributed by atoms with Gasteiger partial charge in [-0.25, -0.2) is 14.2 Å². The van der Waals surface area contributed by atoms with Gasteiger partial charge in [0.15, 0.2) is 5.69 Å². The molecule has 3 aromatic rings. The standard InChI is InChI=1S/C17H13ClFN3O2/c1-10-15(17(23)24)22(9-12-4-2-6-13(18)14(12)19)16(21-10)11-5-3-7-20-8-11/h2-8H,9H2,1H3,(H,23,24). The van der Waals surface area contributed by atoms with Crippen LogP contribution in [0.25, 0.3) is 11.4 Å². The van der Waals surface area contributed by atoms with Gasteiger partial charge in [0.1, 0.15) is 11.6 Å². The Morgan fingerprint density at radius 3 is 2.79 bits per heavy atom. The van der Waals surface area contributed by atoms with E-state index >= 15 is 0 Å². The van der Waals surface area contributed by atoms with Crippen molar-refractivity contribution >= 4 is 17.6 Å². The number of aryl methyl sites for hydroxylation is 1. The number of halogens is 2. The van der Waals surface area contributed by atoms with E-state index < -0.39 is 11.8 Å². The van der Waals surface area contributed by atoms with E-state index in [-0.39, 0.29) is 22.8 Å². The number of nitrogens with zero attached hydrogens (tertiary/aromatic N) is 3. The maximum atomic E-state index is 14.2. The van der Waals surface area contributed by atoms with Crippen LogP contribution in [0.3, 0.4) is 0 Å². The Bertz CT molecular complexity index is 910. The third-order valence-corrected chi connectivity index (χ3v) is 3.92. The Morgan fingerprint density at radius 2 is 2.12 bits per heavy atom. The van der Waals surface area contributed by atoms with Gasteiger partial charge in [-0.1, -0.05) is 23.7 Å². The number of aromatic nitrogens is 3. The normalized spacial score (nSPS) is 10.8. The Labute approximate surface area is 142 Å². The summed E-state index contributed by atoms with van der Waals surface area (Å²) in [4.78, 5) is 20.0. The first kappa shape index (κ1) is 16.1. The molecule has 0 aliphatic rings. The first-order valence-corrected chi connectivity index (χ1v) is 7.50. The molecule has 5 nitrogen and oxygen atoms in total. The zero-order valence-electron chi connectivity index (χ0n) is 12.7. The molecule has 7 heteroatoms. The molecule has 2 aromatic heterocycles. The summed E-state index contributed by atoms with van der Waals surface area (Å²) in [5.74, 6) is -1.28. The number of carboxylic acid groups (broad SMARTS) is 1. The van der Waals surface area contributed by atoms with Crippen LogP contribution in [0.15, 0.2) is 42.7 Å². The molecule has 0 aliphatic heterocycles. The van der Waals surface area contributed by atoms with Gasteiger partial charge in [-0.05, 0) is 25.1 Å². The molecule has 0 bridgehead atoms. The molecular weight excluding hydrogens is 333 g/mol. The maximum absolute atomic E-state index is 14.2. The van der Waals surface area contributed by atoms with E-state index in [1.54, 1.807) is 43.6 Å². The molecular formula is C17H13ClFN3O2. The van der Waals surface area contributed by atoms with Crippen molar-refractivity contribution in [1.29, 1.82) is 0 Å². The highest BCUT2D eigenvalue weighted by Crippen LogP contribution is 2.25. The molecule has 0 amide bonds. The first-order chi connectivity index (χ1) is 11.5. The number of hydrogen-bond donors (Lipinski definition) is 1. The molecule has 2 heterocycles. The van der Waals surface area contributed by atoms with Crippen molar-refractivity contribution < 1.29 is 14.3 Å². The Hall–Kier alpha value is -2.73. The van der Waals surface area contributed by atoms with Crippen LogP contribution in [0.2, 0.25) is 5.02 Å². The van der Waals surface area contributed by atoms with Gasteiger partial charge < -0.3 is 9.67 Å². The number of pyridine rings is 1. The fraction of sp³-hybridized carbons (Fsp3) is 0.118. The molecule has 0 spiro atoms. The van der Waals surface area contributed by atoms with Gasteiger partial charge in [0.05, 0.1) is 17.3 Å². The lowest BCUT2D eigenvalue weighted by Gasteiger charge is -2.11. The summed E-state index contributed by atoms with van der Waals surface area (Å²) in [6.07, 6.45) is 3.19. The van der Waals surface area contributed by atoms with Crippen LogP contribution in [-0.2, 0) is 6.54 Å². The predicted molar refractivity (Wildman–Crippen MR) is 87.7 cm³/mol. The highest BCUT2D eigenvalue weighted by Gasteiger charge is 2.22. The van der Waals surface area contributed by atoms with E-state index in [4.69, 9.17) is 11.6 Å². The number of benzene rings is 1. The van der Waals surface area contributed by atoms with Crippen LogP contribution >= 0.6 is 11.6 Å². The van der Waals surface area contributed by atoms with Crippen molar-refractivity contribution in [2.75, 3.05) is 0 Å². The van der Waals surface area contributed by atoms with Gasteiger partial charge in [0.25, 0.3) is 0 Å². The number of carboxylic acids is 1. The lowest BCUT2D eigenvalue weighted by molar-refractivity contribution is 0.0685. The van der Waals surface area contributed by atoms with Crippen molar-refractivity contribution in [3.63, 3.8) is 0 Å². The van der Waals surface area contributed by atoms with Gasteiger partial charge in [-0.15, -0.1) is 0 Å². The van der Waals surface area contributed by atoms with Crippen LogP contribution in [0.4, 0.5) is 4.39 Å². The molecule has 0 fully saturated rings. The molecule has 1 aromatic carbocycles. The largest absolute Gasteiger partial charge is 0.477 e. The molecule has 0 saturated heterocycles. The van der Waals surface area contributed by atoms with E-state index in [1.807, 2.05) is 0 Å². The molecule has 0 atom stereocenters. The van der Waals surface area contributed by atoms with Gasteiger partial charge >= 0.3 is 5.97 Å². The lowest BCUT2D eigenvalue weighted by Crippen LogP contribution is -2.12. The van der Waals surface area contributed by atoms with Gasteiger partial charge in [0, 0.05) is 23.5 Å². The topological polar surface area (TPSA) is 68.0 Å². The average molecular weight is 346 g/mol. The molecule has 122 valence electrons. The summed E-state index contributed by atoms with van der Waals surface area (Å²) >= 11 is 5.82. The Balaban J connectivity index is 2.18. The second kappa shape index (κ2) is 6.41. The van der Waals surface area contributed by atoms with Crippen LogP contribution in [0.5, 0.6) is 0 Å². The summed E-state index contributed by atoms with van der Waals surface area (Å²) in [5, 5.41) is 9.50. The minimum Gasteiger partial charge on any atom is -0.477 e. The van der Waals surface area contributed by atoms with Gasteiger partial charge in [-0.3, -0.25) is 4.98 Å². The number of rotatable bonds is 4. The predicted octanol–water partition coefficient (Wildman–Crippen LogP) is 3.79. The van der Waals surface area contributed by atoms with E-state index in [0.29, 0.717) is 17.1 Å². The van der Waals surface area contributed by atoms with E-state index in [1.165, 1.54) is 10.6 Å². The molecule has 0 aliphatic carbocycles. The summed E-state index contributed by atoms with van der Waals surface area (Å²) in [5.41, 5.74) is 1.29. The average Bonchev–Trinajstić information content (AvgIpc) is 2.89. The third-order valence-electron chi connectivity index (χ3n) is 3.62. The van der Waals surface area contributed by atoms with E-state index in [9.17, 15) is 14.3 Å². The van der Waals surface area contributed by atoms with E-state index in [2.05, 4.69) is 9.97 Å². The minimum absolute atomic E-state index is 0.000899.